The van der Waals surface area contributed by atoms with Gasteiger partial charge in [-0.25, -0.2) is 0 Å². The van der Waals surface area contributed by atoms with Crippen molar-refractivity contribution in [2.75, 3.05) is 37.1 Å². The van der Waals surface area contributed by atoms with E-state index < -0.39 is 35.6 Å². The lowest BCUT2D eigenvalue weighted by Crippen LogP contribution is -2.39. The van der Waals surface area contributed by atoms with Crippen molar-refractivity contribution >= 4 is 72.0 Å². The number of rotatable bonds is 17. The molecule has 4 saturated carbocycles. The van der Waals surface area contributed by atoms with E-state index in [0.29, 0.717) is 23.7 Å². The van der Waals surface area contributed by atoms with Crippen molar-refractivity contribution in [3.8, 4) is 0 Å². The van der Waals surface area contributed by atoms with E-state index in [1.165, 1.54) is 0 Å². The van der Waals surface area contributed by atoms with Gasteiger partial charge in [0.2, 0.25) is 6.29 Å². The molecule has 0 aromatic heterocycles. The zero-order valence-electron chi connectivity index (χ0n) is 27.0. The normalized spacial score (nSPS) is 36.7. The van der Waals surface area contributed by atoms with Crippen LogP contribution >= 0.6 is 36.2 Å². The third-order valence-corrected chi connectivity index (χ3v) is 14.5. The van der Waals surface area contributed by atoms with E-state index in [9.17, 15) is 33.9 Å². The van der Waals surface area contributed by atoms with Crippen molar-refractivity contribution in [2.24, 2.45) is 52.8 Å². The van der Waals surface area contributed by atoms with Gasteiger partial charge in [0.25, 0.3) is 0 Å². The van der Waals surface area contributed by atoms with Crippen LogP contribution in [0.15, 0.2) is 0 Å². The number of thioether (sulfide) groups is 2. The molecule has 266 valence electrons. The van der Waals surface area contributed by atoms with E-state index >= 15 is 0 Å². The minimum Gasteiger partial charge on any atom is -0.465 e. The van der Waals surface area contributed by atoms with Crippen molar-refractivity contribution in [3.05, 3.63) is 0 Å². The maximum absolute atomic E-state index is 12.8. The molecule has 1 N–H and O–H groups in total. The van der Waals surface area contributed by atoms with Gasteiger partial charge in [-0.15, -0.1) is 0 Å². The molecule has 4 bridgehead atoms. The summed E-state index contributed by atoms with van der Waals surface area (Å²) in [6.07, 6.45) is 3.29. The zero-order chi connectivity index (χ0) is 34.2. The summed E-state index contributed by atoms with van der Waals surface area (Å²) in [6, 6.07) is 0. The molecule has 2 heterocycles. The molecule has 4 aliphatic carbocycles. The highest BCUT2D eigenvalue weighted by Crippen LogP contribution is 2.60. The number of carbonyl (C=O) groups excluding carboxylic acids is 6. The minimum atomic E-state index is -1.00. The Morgan fingerprint density at radius 1 is 0.771 bits per heavy atom. The van der Waals surface area contributed by atoms with Crippen LogP contribution in [0.5, 0.6) is 0 Å². The largest absolute Gasteiger partial charge is 0.465 e. The third-order valence-electron chi connectivity index (χ3n) is 11.5. The second-order valence-corrected chi connectivity index (χ2v) is 17.3. The van der Waals surface area contributed by atoms with Crippen LogP contribution in [0.3, 0.4) is 0 Å². The Morgan fingerprint density at radius 2 is 1.29 bits per heavy atom. The van der Waals surface area contributed by atoms with Gasteiger partial charge in [0.05, 0.1) is 42.4 Å². The summed E-state index contributed by atoms with van der Waals surface area (Å²) >= 11 is 7.35. The topological polar surface area (TPSA) is 169 Å². The first kappa shape index (κ1) is 35.8. The van der Waals surface area contributed by atoms with Crippen LogP contribution in [-0.2, 0) is 52.5 Å². The molecule has 2 saturated heterocycles. The molecule has 48 heavy (non-hydrogen) atoms. The molecular weight excluding hydrogens is 685 g/mol. The van der Waals surface area contributed by atoms with Crippen LogP contribution in [0.25, 0.3) is 0 Å². The van der Waals surface area contributed by atoms with Gasteiger partial charge in [-0.2, -0.15) is 36.2 Å². The van der Waals surface area contributed by atoms with E-state index in [2.05, 4.69) is 12.6 Å². The van der Waals surface area contributed by atoms with Gasteiger partial charge >= 0.3 is 35.8 Å². The summed E-state index contributed by atoms with van der Waals surface area (Å²) in [6.45, 7) is 1.59. The Kier molecular flexibility index (Phi) is 11.3. The maximum atomic E-state index is 12.8. The van der Waals surface area contributed by atoms with Crippen LogP contribution in [0.4, 0.5) is 0 Å². The van der Waals surface area contributed by atoms with E-state index in [1.54, 1.807) is 23.5 Å². The predicted octanol–water partition coefficient (Wildman–Crippen LogP) is 2.82. The molecule has 0 amide bonds. The molecule has 15 heteroatoms. The number of aliphatic hydroxyl groups is 1. The summed E-state index contributed by atoms with van der Waals surface area (Å²) in [5, 5.41) is 10.5. The van der Waals surface area contributed by atoms with Crippen molar-refractivity contribution < 1.29 is 57.6 Å². The number of aliphatic hydroxyl groups excluding tert-OH is 1. The lowest BCUT2D eigenvalue weighted by molar-refractivity contribution is -0.162. The van der Waals surface area contributed by atoms with Crippen LogP contribution in [-0.4, -0.2) is 94.8 Å². The Bertz CT molecular complexity index is 1290. The first-order chi connectivity index (χ1) is 23.0. The Labute approximate surface area is 293 Å². The van der Waals surface area contributed by atoms with Crippen LogP contribution < -0.4 is 0 Å². The van der Waals surface area contributed by atoms with Gasteiger partial charge in [0, 0.05) is 33.7 Å². The molecule has 0 radical (unpaired) electrons. The zero-order valence-corrected chi connectivity index (χ0v) is 29.5. The predicted molar refractivity (Wildman–Crippen MR) is 175 cm³/mol. The Hall–Kier alpha value is -1.97. The summed E-state index contributed by atoms with van der Waals surface area (Å²) < 4.78 is 26.7. The molecule has 2 aliphatic heterocycles. The van der Waals surface area contributed by atoms with Gasteiger partial charge in [-0.1, -0.05) is 6.92 Å². The lowest BCUT2D eigenvalue weighted by atomic mass is 9.80. The highest BCUT2D eigenvalue weighted by Gasteiger charge is 2.63. The van der Waals surface area contributed by atoms with E-state index in [4.69, 9.17) is 23.7 Å². The Morgan fingerprint density at radius 3 is 1.88 bits per heavy atom. The number of hydrogen-bond acceptors (Lipinski definition) is 15. The summed E-state index contributed by atoms with van der Waals surface area (Å²) in [5.41, 5.74) is -0.920. The fourth-order valence-corrected chi connectivity index (χ4v) is 12.1. The quantitative estimate of drug-likeness (QED) is 0.0971. The van der Waals surface area contributed by atoms with Gasteiger partial charge < -0.3 is 28.8 Å². The fraction of sp³-hybridized carbons (Fsp3) is 0.818. The van der Waals surface area contributed by atoms with Crippen LogP contribution in [0.1, 0.15) is 58.3 Å². The lowest BCUT2D eigenvalue weighted by Gasteiger charge is -2.31. The SMILES string of the molecule is CCC(COC(=O)CCS)(COC(=O)CCSC1CC2CC1C1C(=O)OC(=O)C21)COC(=O)CCSC1CC2CC1C1C(=O)OC(O)C21. The van der Waals surface area contributed by atoms with Crippen molar-refractivity contribution in [3.63, 3.8) is 0 Å². The average molecular weight is 729 g/mol. The molecule has 0 aromatic carbocycles. The van der Waals surface area contributed by atoms with Crippen LogP contribution in [0, 0.1) is 52.8 Å². The molecule has 0 spiro atoms. The number of carbonyl (C=O) groups is 6. The third kappa shape index (κ3) is 7.25. The number of cyclic esters (lactones) is 3. The molecule has 0 aromatic rings. The average Bonchev–Trinajstić information content (AvgIpc) is 3.90. The molecule has 12 unspecified atom stereocenters. The highest BCUT2D eigenvalue weighted by molar-refractivity contribution is 8.00. The van der Waals surface area contributed by atoms with Gasteiger partial charge in [-0.3, -0.25) is 28.8 Å². The monoisotopic (exact) mass is 728 g/mol. The molecule has 6 fully saturated rings. The number of ether oxygens (including phenoxy) is 5. The van der Waals surface area contributed by atoms with E-state index in [1.807, 2.05) is 6.92 Å². The van der Waals surface area contributed by atoms with Crippen LogP contribution in [0.2, 0.25) is 0 Å². The second-order valence-electron chi connectivity index (χ2n) is 14.1. The van der Waals surface area contributed by atoms with Crippen molar-refractivity contribution in [2.45, 2.75) is 75.1 Å². The molecule has 12 atom stereocenters. The summed E-state index contributed by atoms with van der Waals surface area (Å²) in [4.78, 5) is 74.2. The number of hydrogen-bond donors (Lipinski definition) is 2. The number of fused-ring (bicyclic) bond motifs is 10. The standard InChI is InChI=1S/C33H44O12S3/c1-2-33(13-41-22(34)3-6-46,14-42-23(35)4-7-47-20-11-16-9-18(20)27-25(16)29(37)44-31(27)39)15-43-24(36)5-8-48-21-12-17-10-19(21)28-26(17)30(38)45-32(28)40/h16-21,25-29,37,46H,2-15H2,1H3. The van der Waals surface area contributed by atoms with Gasteiger partial charge in [0.1, 0.15) is 19.8 Å². The van der Waals surface area contributed by atoms with Crippen molar-refractivity contribution in [1.29, 1.82) is 0 Å². The second kappa shape index (κ2) is 15.1. The van der Waals surface area contributed by atoms with Gasteiger partial charge in [0.15, 0.2) is 0 Å². The molecule has 6 aliphatic rings. The molecule has 6 rings (SSSR count). The number of thiol groups is 1. The first-order valence-corrected chi connectivity index (χ1v) is 19.7. The summed E-state index contributed by atoms with van der Waals surface area (Å²) in [7, 11) is 0. The van der Waals surface area contributed by atoms with Crippen molar-refractivity contribution in [1.82, 2.24) is 0 Å². The molecular formula is C33H44O12S3. The minimum absolute atomic E-state index is 0.0850. The highest BCUT2D eigenvalue weighted by atomic mass is 32.2. The van der Waals surface area contributed by atoms with E-state index in [-0.39, 0.29) is 109 Å². The van der Waals surface area contributed by atoms with Gasteiger partial charge in [-0.05, 0) is 55.8 Å². The van der Waals surface area contributed by atoms with E-state index in [0.717, 1.165) is 25.7 Å². The maximum Gasteiger partial charge on any atom is 0.317 e. The summed E-state index contributed by atoms with van der Waals surface area (Å²) in [5.74, 6) is -1.43. The number of esters is 6. The first-order valence-electron chi connectivity index (χ1n) is 17.0. The smallest absolute Gasteiger partial charge is 0.317 e. The fourth-order valence-electron chi connectivity index (χ4n) is 8.97. The Balaban J connectivity index is 0.940. The molecule has 12 nitrogen and oxygen atoms in total.